The van der Waals surface area contributed by atoms with Crippen LogP contribution in [0.5, 0.6) is 0 Å². The van der Waals surface area contributed by atoms with Crippen LogP contribution in [-0.4, -0.2) is 69.8 Å². The first-order valence-corrected chi connectivity index (χ1v) is 16.0. The van der Waals surface area contributed by atoms with Crippen LogP contribution in [0.3, 0.4) is 0 Å². The third-order valence-electron chi connectivity index (χ3n) is 9.42. The number of benzene rings is 3. The van der Waals surface area contributed by atoms with Crippen LogP contribution < -0.4 is 15.1 Å². The van der Waals surface area contributed by atoms with Crippen LogP contribution in [0.1, 0.15) is 39.9 Å². The van der Waals surface area contributed by atoms with E-state index < -0.39 is 11.9 Å². The van der Waals surface area contributed by atoms with E-state index in [2.05, 4.69) is 55.4 Å². The average molecular weight is 624 g/mol. The molecule has 8 rings (SSSR count). The molecule has 2 aromatic heterocycles. The van der Waals surface area contributed by atoms with E-state index in [-0.39, 0.29) is 18.2 Å². The fourth-order valence-electron chi connectivity index (χ4n) is 6.99. The molecule has 10 heteroatoms. The second-order valence-corrected chi connectivity index (χ2v) is 12.4. The fraction of sp³-hybridized carbons (Fsp3) is 0.243. The van der Waals surface area contributed by atoms with Gasteiger partial charge in [0.2, 0.25) is 11.8 Å². The monoisotopic (exact) mass is 623 g/mol. The summed E-state index contributed by atoms with van der Waals surface area (Å²) in [6, 6.07) is 23.8. The van der Waals surface area contributed by atoms with Crippen LogP contribution in [0.4, 0.5) is 11.5 Å². The number of piperazine rings is 1. The van der Waals surface area contributed by atoms with Crippen molar-refractivity contribution < 1.29 is 14.4 Å². The fourth-order valence-corrected chi connectivity index (χ4v) is 6.99. The molecule has 10 nitrogen and oxygen atoms in total. The minimum absolute atomic E-state index is 0.186. The number of carbonyl (C=O) groups is 3. The van der Waals surface area contributed by atoms with E-state index in [1.54, 1.807) is 17.3 Å². The molecule has 0 saturated carbocycles. The number of anilines is 2. The third kappa shape index (κ3) is 5.50. The predicted molar refractivity (Wildman–Crippen MR) is 179 cm³/mol. The Morgan fingerprint density at radius 1 is 0.830 bits per heavy atom. The van der Waals surface area contributed by atoms with Gasteiger partial charge in [-0.1, -0.05) is 42.5 Å². The summed E-state index contributed by atoms with van der Waals surface area (Å²) >= 11 is 0. The minimum Gasteiger partial charge on any atom is -0.354 e. The van der Waals surface area contributed by atoms with E-state index in [0.717, 1.165) is 72.5 Å². The molecule has 1 atom stereocenters. The van der Waals surface area contributed by atoms with Gasteiger partial charge in [0.15, 0.2) is 5.82 Å². The zero-order valence-corrected chi connectivity index (χ0v) is 25.8. The van der Waals surface area contributed by atoms with Gasteiger partial charge in [-0.3, -0.25) is 34.5 Å². The number of pyridine rings is 1. The molecule has 0 aliphatic carbocycles. The Kier molecular flexibility index (Phi) is 7.41. The summed E-state index contributed by atoms with van der Waals surface area (Å²) in [5, 5.41) is 4.29. The number of nitrogens with one attached hydrogen (secondary N) is 1. The minimum atomic E-state index is -0.685. The van der Waals surface area contributed by atoms with Crippen molar-refractivity contribution in [2.24, 2.45) is 0 Å². The van der Waals surface area contributed by atoms with Gasteiger partial charge in [0.1, 0.15) is 11.9 Å². The van der Waals surface area contributed by atoms with Gasteiger partial charge in [-0.05, 0) is 65.3 Å². The molecular formula is C37H33N7O3. The molecule has 0 spiro atoms. The van der Waals surface area contributed by atoms with E-state index in [1.807, 2.05) is 48.7 Å². The SMILES string of the molecule is O=C1CCC(N2C(=O)c3cccc4c(Cc5ccc(CN6CCN(c7ccnc(-c8cccnc8)n7)CC6)cc5)ccc2c34)C(=O)N1. The Hall–Kier alpha value is -5.48. The molecule has 234 valence electrons. The highest BCUT2D eigenvalue weighted by Gasteiger charge is 2.40. The van der Waals surface area contributed by atoms with Gasteiger partial charge in [-0.2, -0.15) is 0 Å². The number of hydrogen-bond acceptors (Lipinski definition) is 8. The summed E-state index contributed by atoms with van der Waals surface area (Å²) in [7, 11) is 0. The summed E-state index contributed by atoms with van der Waals surface area (Å²) in [5.74, 6) is 0.743. The zero-order valence-electron chi connectivity index (χ0n) is 25.8. The van der Waals surface area contributed by atoms with Gasteiger partial charge in [0.05, 0.1) is 5.69 Å². The lowest BCUT2D eigenvalue weighted by molar-refractivity contribution is -0.134. The van der Waals surface area contributed by atoms with Crippen molar-refractivity contribution in [3.63, 3.8) is 0 Å². The highest BCUT2D eigenvalue weighted by molar-refractivity contribution is 6.27. The van der Waals surface area contributed by atoms with Crippen LogP contribution in [-0.2, 0) is 22.6 Å². The third-order valence-corrected chi connectivity index (χ3v) is 9.42. The quantitative estimate of drug-likeness (QED) is 0.266. The number of carbonyl (C=O) groups excluding carboxylic acids is 3. The molecule has 1 unspecified atom stereocenters. The van der Waals surface area contributed by atoms with E-state index in [4.69, 9.17) is 4.98 Å². The lowest BCUT2D eigenvalue weighted by atomic mass is 9.95. The molecule has 0 radical (unpaired) electrons. The van der Waals surface area contributed by atoms with E-state index >= 15 is 0 Å². The number of amides is 3. The van der Waals surface area contributed by atoms with Gasteiger partial charge in [-0.25, -0.2) is 9.97 Å². The van der Waals surface area contributed by atoms with Gasteiger partial charge < -0.3 is 4.90 Å². The summed E-state index contributed by atoms with van der Waals surface area (Å²) in [5.41, 5.74) is 5.85. The van der Waals surface area contributed by atoms with E-state index in [0.29, 0.717) is 17.8 Å². The Morgan fingerprint density at radius 3 is 2.45 bits per heavy atom. The van der Waals surface area contributed by atoms with E-state index in [1.165, 1.54) is 11.1 Å². The lowest BCUT2D eigenvalue weighted by Gasteiger charge is -2.35. The molecule has 3 amide bonds. The number of aromatic nitrogens is 3. The van der Waals surface area contributed by atoms with Gasteiger partial charge in [-0.15, -0.1) is 0 Å². The number of rotatable bonds is 7. The Bertz CT molecular complexity index is 2010. The Labute approximate surface area is 272 Å². The Balaban J connectivity index is 0.925. The summed E-state index contributed by atoms with van der Waals surface area (Å²) in [4.78, 5) is 57.7. The summed E-state index contributed by atoms with van der Waals surface area (Å²) in [6.45, 7) is 4.58. The van der Waals surface area contributed by atoms with Crippen LogP contribution in [0.15, 0.2) is 91.4 Å². The molecule has 5 aromatic rings. The van der Waals surface area contributed by atoms with E-state index in [9.17, 15) is 14.4 Å². The molecule has 47 heavy (non-hydrogen) atoms. The highest BCUT2D eigenvalue weighted by atomic mass is 16.2. The molecular weight excluding hydrogens is 590 g/mol. The van der Waals surface area contributed by atoms with Crippen molar-refractivity contribution in [1.82, 2.24) is 25.2 Å². The second kappa shape index (κ2) is 12.0. The first-order chi connectivity index (χ1) is 23.0. The van der Waals surface area contributed by atoms with Crippen molar-refractivity contribution in [3.05, 3.63) is 114 Å². The van der Waals surface area contributed by atoms with Crippen LogP contribution >= 0.6 is 0 Å². The molecule has 2 saturated heterocycles. The molecule has 3 aliphatic heterocycles. The molecule has 3 aliphatic rings. The first-order valence-electron chi connectivity index (χ1n) is 16.0. The van der Waals surface area contributed by atoms with Crippen LogP contribution in [0.25, 0.3) is 22.2 Å². The number of hydrogen-bond donors (Lipinski definition) is 1. The summed E-state index contributed by atoms with van der Waals surface area (Å²) < 4.78 is 0. The number of imide groups is 1. The maximum atomic E-state index is 13.5. The van der Waals surface area contributed by atoms with Crippen molar-refractivity contribution in [2.45, 2.75) is 31.8 Å². The second-order valence-electron chi connectivity index (χ2n) is 12.4. The van der Waals surface area contributed by atoms with Crippen molar-refractivity contribution in [3.8, 4) is 11.4 Å². The normalized spacial score (nSPS) is 18.2. The van der Waals surface area contributed by atoms with Gasteiger partial charge in [0.25, 0.3) is 5.91 Å². The average Bonchev–Trinajstić information content (AvgIpc) is 3.39. The van der Waals surface area contributed by atoms with Gasteiger partial charge in [0, 0.05) is 74.2 Å². The predicted octanol–water partition coefficient (Wildman–Crippen LogP) is 4.37. The van der Waals surface area contributed by atoms with Gasteiger partial charge >= 0.3 is 0 Å². The highest BCUT2D eigenvalue weighted by Crippen LogP contribution is 2.41. The number of piperidine rings is 1. The maximum absolute atomic E-state index is 13.5. The van der Waals surface area contributed by atoms with Crippen LogP contribution in [0.2, 0.25) is 0 Å². The number of nitrogens with zero attached hydrogens (tertiary/aromatic N) is 6. The maximum Gasteiger partial charge on any atom is 0.259 e. The smallest absolute Gasteiger partial charge is 0.259 e. The topological polar surface area (TPSA) is 112 Å². The Morgan fingerprint density at radius 2 is 1.66 bits per heavy atom. The van der Waals surface area contributed by atoms with Crippen molar-refractivity contribution in [1.29, 1.82) is 0 Å². The molecule has 3 aromatic carbocycles. The van der Waals surface area contributed by atoms with Crippen molar-refractivity contribution >= 4 is 40.0 Å². The lowest BCUT2D eigenvalue weighted by Crippen LogP contribution is -2.53. The molecule has 5 heterocycles. The van der Waals surface area contributed by atoms with Crippen molar-refractivity contribution in [2.75, 3.05) is 36.0 Å². The van der Waals surface area contributed by atoms with Crippen LogP contribution in [0, 0.1) is 0 Å². The standard InChI is InChI=1S/C37H33N7O3/c45-33-13-12-31(36(46)41-33)44-30-11-10-26(28-4-1-5-29(34(28)30)37(44)47)21-24-6-8-25(9-7-24)23-42-17-19-43(20-18-42)32-14-16-39-35(40-32)27-3-2-15-38-22-27/h1-11,14-16,22,31H,12-13,17-21,23H2,(H,41,45,46). The largest absolute Gasteiger partial charge is 0.354 e. The zero-order chi connectivity index (χ0) is 31.9. The molecule has 1 N–H and O–H groups in total. The molecule has 2 fully saturated rings. The summed E-state index contributed by atoms with van der Waals surface area (Å²) in [6.07, 6.45) is 6.63. The molecule has 0 bridgehead atoms. The first kappa shape index (κ1) is 29.0.